The van der Waals surface area contributed by atoms with Crippen molar-refractivity contribution in [2.75, 3.05) is 0 Å². The van der Waals surface area contributed by atoms with E-state index >= 15 is 0 Å². The average molecular weight is 373 g/mol. The highest BCUT2D eigenvalue weighted by Crippen LogP contribution is 2.27. The maximum absolute atomic E-state index is 12.5. The lowest BCUT2D eigenvalue weighted by Gasteiger charge is -2.08. The van der Waals surface area contributed by atoms with Crippen LogP contribution in [-0.4, -0.2) is 24.1 Å². The molecule has 5 rings (SSSR count). The zero-order valence-electron chi connectivity index (χ0n) is 14.5. The van der Waals surface area contributed by atoms with E-state index in [0.717, 1.165) is 27.1 Å². The van der Waals surface area contributed by atoms with Gasteiger partial charge in [0.05, 0.1) is 16.4 Å². The van der Waals surface area contributed by atoms with Crippen molar-refractivity contribution in [2.45, 2.75) is 10.9 Å². The molecule has 2 aromatic carbocycles. The van der Waals surface area contributed by atoms with Crippen LogP contribution in [0, 0.1) is 0 Å². The van der Waals surface area contributed by atoms with Gasteiger partial charge in [-0.3, -0.25) is 18.7 Å². The van der Waals surface area contributed by atoms with Gasteiger partial charge >= 0.3 is 0 Å². The fourth-order valence-corrected chi connectivity index (χ4v) is 4.26. The number of rotatable bonds is 3. The fraction of sp³-hybridized carbons (Fsp3) is 0.100. The van der Waals surface area contributed by atoms with Gasteiger partial charge in [-0.15, -0.1) is 10.2 Å². The van der Waals surface area contributed by atoms with E-state index in [2.05, 4.69) is 33.4 Å². The smallest absolute Gasteiger partial charge is 0.262 e. The van der Waals surface area contributed by atoms with Crippen molar-refractivity contribution in [2.24, 2.45) is 7.05 Å². The molecule has 5 aromatic rings. The van der Waals surface area contributed by atoms with Gasteiger partial charge in [0.25, 0.3) is 5.56 Å². The van der Waals surface area contributed by atoms with E-state index in [1.807, 2.05) is 47.0 Å². The molecule has 0 aliphatic carbocycles. The first-order valence-corrected chi connectivity index (χ1v) is 9.51. The Morgan fingerprint density at radius 2 is 1.85 bits per heavy atom. The van der Waals surface area contributed by atoms with Gasteiger partial charge in [-0.2, -0.15) is 0 Å². The van der Waals surface area contributed by atoms with E-state index < -0.39 is 0 Å². The van der Waals surface area contributed by atoms with Crippen LogP contribution in [0.1, 0.15) is 5.56 Å². The predicted octanol–water partition coefficient (Wildman–Crippen LogP) is 3.42. The van der Waals surface area contributed by atoms with Crippen LogP contribution in [0.3, 0.4) is 0 Å². The number of benzene rings is 2. The SMILES string of the molecule is Cn1c(=O)c2ccccc2n2c(SCc3cccc4cccnc34)nnc12. The number of aromatic nitrogens is 5. The van der Waals surface area contributed by atoms with Crippen molar-refractivity contribution in [1.82, 2.24) is 24.1 Å². The highest BCUT2D eigenvalue weighted by molar-refractivity contribution is 7.98. The van der Waals surface area contributed by atoms with E-state index in [9.17, 15) is 4.79 Å². The van der Waals surface area contributed by atoms with Crippen LogP contribution < -0.4 is 5.56 Å². The molecule has 0 spiro atoms. The molecule has 6 nitrogen and oxygen atoms in total. The molecule has 0 fully saturated rings. The largest absolute Gasteiger partial charge is 0.279 e. The Kier molecular flexibility index (Phi) is 3.68. The first-order valence-electron chi connectivity index (χ1n) is 8.52. The van der Waals surface area contributed by atoms with E-state index in [1.54, 1.807) is 23.4 Å². The lowest BCUT2D eigenvalue weighted by molar-refractivity contribution is 0.853. The molecule has 0 saturated heterocycles. The molecule has 7 heteroatoms. The highest BCUT2D eigenvalue weighted by atomic mass is 32.2. The summed E-state index contributed by atoms with van der Waals surface area (Å²) in [4.78, 5) is 17.1. The summed E-state index contributed by atoms with van der Waals surface area (Å²) in [6, 6.07) is 17.7. The second kappa shape index (κ2) is 6.21. The number of nitrogens with zero attached hydrogens (tertiary/aromatic N) is 5. The summed E-state index contributed by atoms with van der Waals surface area (Å²) in [5.74, 6) is 1.25. The summed E-state index contributed by atoms with van der Waals surface area (Å²) in [6.07, 6.45) is 1.81. The Morgan fingerprint density at radius 3 is 2.78 bits per heavy atom. The molecule has 0 aliphatic heterocycles. The number of aryl methyl sites for hydroxylation is 1. The first-order chi connectivity index (χ1) is 13.2. The minimum absolute atomic E-state index is 0.0692. The topological polar surface area (TPSA) is 65.1 Å². The number of hydrogen-bond acceptors (Lipinski definition) is 5. The number of hydrogen-bond donors (Lipinski definition) is 0. The highest BCUT2D eigenvalue weighted by Gasteiger charge is 2.15. The Morgan fingerprint density at radius 1 is 1.00 bits per heavy atom. The molecule has 0 atom stereocenters. The monoisotopic (exact) mass is 373 g/mol. The van der Waals surface area contributed by atoms with Gasteiger partial charge in [0, 0.05) is 24.4 Å². The number of para-hydroxylation sites is 2. The van der Waals surface area contributed by atoms with Crippen molar-refractivity contribution in [1.29, 1.82) is 0 Å². The molecule has 0 amide bonds. The number of fused-ring (bicyclic) bond motifs is 4. The van der Waals surface area contributed by atoms with Crippen molar-refractivity contribution in [3.05, 3.63) is 76.7 Å². The molecule has 132 valence electrons. The normalized spacial score (nSPS) is 11.6. The van der Waals surface area contributed by atoms with Crippen LogP contribution in [0.2, 0.25) is 0 Å². The molecule has 0 bridgehead atoms. The van der Waals surface area contributed by atoms with Gasteiger partial charge in [0.15, 0.2) is 5.16 Å². The quantitative estimate of drug-likeness (QED) is 0.454. The Hall–Kier alpha value is -3.19. The van der Waals surface area contributed by atoms with Crippen LogP contribution >= 0.6 is 11.8 Å². The van der Waals surface area contributed by atoms with Crippen molar-refractivity contribution >= 4 is 39.3 Å². The maximum Gasteiger partial charge on any atom is 0.262 e. The average Bonchev–Trinajstić information content (AvgIpc) is 3.15. The van der Waals surface area contributed by atoms with Crippen LogP contribution in [0.5, 0.6) is 0 Å². The number of pyridine rings is 1. The lowest BCUT2D eigenvalue weighted by atomic mass is 10.1. The van der Waals surface area contributed by atoms with Gasteiger partial charge in [0.1, 0.15) is 0 Å². The third-order valence-electron chi connectivity index (χ3n) is 4.67. The standard InChI is InChI=1S/C20H15N5OS/c1-24-18(26)15-9-2-3-10-16(15)25-19(24)22-23-20(25)27-12-14-7-4-6-13-8-5-11-21-17(13)14/h2-11H,12H2,1H3. The summed E-state index contributed by atoms with van der Waals surface area (Å²) >= 11 is 1.59. The zero-order chi connectivity index (χ0) is 18.4. The molecule has 27 heavy (non-hydrogen) atoms. The van der Waals surface area contributed by atoms with Crippen LogP contribution in [0.25, 0.3) is 27.6 Å². The van der Waals surface area contributed by atoms with Crippen LogP contribution in [0.4, 0.5) is 0 Å². The van der Waals surface area contributed by atoms with E-state index in [-0.39, 0.29) is 5.56 Å². The van der Waals surface area contributed by atoms with Gasteiger partial charge < -0.3 is 0 Å². The molecule has 0 unspecified atom stereocenters. The Bertz CT molecular complexity index is 1370. The van der Waals surface area contributed by atoms with Crippen LogP contribution in [0.15, 0.2) is 70.7 Å². The Labute approximate surface area is 158 Å². The molecule has 0 N–H and O–H groups in total. The Balaban J connectivity index is 1.63. The number of thioether (sulfide) groups is 1. The molecule has 0 saturated carbocycles. The second-order valence-electron chi connectivity index (χ2n) is 6.28. The third kappa shape index (κ3) is 2.50. The molecular weight excluding hydrogens is 358 g/mol. The third-order valence-corrected chi connectivity index (χ3v) is 5.65. The van der Waals surface area contributed by atoms with E-state index in [0.29, 0.717) is 16.9 Å². The molecule has 3 aromatic heterocycles. The summed E-state index contributed by atoms with van der Waals surface area (Å²) in [5.41, 5.74) is 2.89. The van der Waals surface area contributed by atoms with Crippen molar-refractivity contribution in [3.63, 3.8) is 0 Å². The summed E-state index contributed by atoms with van der Waals surface area (Å²) in [5, 5.41) is 11.1. The first kappa shape index (κ1) is 16.0. The maximum atomic E-state index is 12.5. The fourth-order valence-electron chi connectivity index (χ4n) is 3.33. The minimum Gasteiger partial charge on any atom is -0.279 e. The van der Waals surface area contributed by atoms with Gasteiger partial charge in [-0.1, -0.05) is 48.2 Å². The van der Waals surface area contributed by atoms with Crippen LogP contribution in [-0.2, 0) is 12.8 Å². The summed E-state index contributed by atoms with van der Waals surface area (Å²) in [6.45, 7) is 0. The lowest BCUT2D eigenvalue weighted by Crippen LogP contribution is -2.20. The minimum atomic E-state index is -0.0692. The molecule has 0 radical (unpaired) electrons. The van der Waals surface area contributed by atoms with Crippen molar-refractivity contribution < 1.29 is 0 Å². The van der Waals surface area contributed by atoms with Crippen molar-refractivity contribution in [3.8, 4) is 0 Å². The van der Waals surface area contributed by atoms with Gasteiger partial charge in [0.2, 0.25) is 5.78 Å². The summed E-state index contributed by atoms with van der Waals surface area (Å²) in [7, 11) is 1.72. The van der Waals surface area contributed by atoms with E-state index in [1.165, 1.54) is 0 Å². The van der Waals surface area contributed by atoms with Gasteiger partial charge in [-0.25, -0.2) is 0 Å². The van der Waals surface area contributed by atoms with E-state index in [4.69, 9.17) is 0 Å². The van der Waals surface area contributed by atoms with Gasteiger partial charge in [-0.05, 0) is 23.8 Å². The zero-order valence-corrected chi connectivity index (χ0v) is 15.3. The molecule has 3 heterocycles. The molecular formula is C20H15N5OS. The molecule has 0 aliphatic rings. The predicted molar refractivity (Wildman–Crippen MR) is 107 cm³/mol. The second-order valence-corrected chi connectivity index (χ2v) is 7.22. The summed E-state index contributed by atoms with van der Waals surface area (Å²) < 4.78 is 3.48.